The molecular formula is C54H41N15O9. The zero-order valence-electron chi connectivity index (χ0n) is 40.6. The summed E-state index contributed by atoms with van der Waals surface area (Å²) in [7, 11) is 0. The van der Waals surface area contributed by atoms with Gasteiger partial charge in [-0.3, -0.25) is 38.9 Å². The number of carbonyl (C=O) groups excluding carboxylic acids is 5. The zero-order valence-corrected chi connectivity index (χ0v) is 40.6. The fourth-order valence-corrected chi connectivity index (χ4v) is 19.3. The molecule has 7 N–H and O–H groups in total. The van der Waals surface area contributed by atoms with E-state index in [2.05, 4.69) is 67.8 Å². The summed E-state index contributed by atoms with van der Waals surface area (Å²) in [5.74, 6) is 5.54. The van der Waals surface area contributed by atoms with E-state index < -0.39 is 23.3 Å². The Kier molecular flexibility index (Phi) is 7.50. The first-order valence-electron chi connectivity index (χ1n) is 26.2. The van der Waals surface area contributed by atoms with E-state index in [0.717, 1.165) is 17.0 Å². The maximum absolute atomic E-state index is 13.4. The summed E-state index contributed by atoms with van der Waals surface area (Å²) in [6.07, 6.45) is 3.09. The Labute approximate surface area is 435 Å². The molecule has 0 spiro atoms. The minimum Gasteiger partial charge on any atom is -0.408 e. The maximum atomic E-state index is 13.4. The molecule has 78 heavy (non-hydrogen) atoms. The first-order valence-corrected chi connectivity index (χ1v) is 26.2. The number of benzene rings is 2. The van der Waals surface area contributed by atoms with Gasteiger partial charge >= 0.3 is 11.5 Å². The number of carbonyl (C=O) groups is 5. The van der Waals surface area contributed by atoms with Crippen molar-refractivity contribution < 1.29 is 32.8 Å². The summed E-state index contributed by atoms with van der Waals surface area (Å²) in [6.45, 7) is 1.87. The smallest absolute Gasteiger partial charge is 0.408 e. The van der Waals surface area contributed by atoms with Crippen molar-refractivity contribution in [3.05, 3.63) is 128 Å². The van der Waals surface area contributed by atoms with Crippen molar-refractivity contribution in [1.82, 2.24) is 65.7 Å². The third kappa shape index (κ3) is 4.51. The molecule has 0 unspecified atom stereocenters. The van der Waals surface area contributed by atoms with Crippen molar-refractivity contribution in [2.75, 3.05) is 19.6 Å². The fourth-order valence-electron chi connectivity index (χ4n) is 19.3. The van der Waals surface area contributed by atoms with Gasteiger partial charge in [-0.2, -0.15) is 15.5 Å². The van der Waals surface area contributed by atoms with Gasteiger partial charge in [-0.25, -0.2) is 28.6 Å². The topological polar surface area (TPSA) is 334 Å². The van der Waals surface area contributed by atoms with Crippen LogP contribution in [0, 0.1) is 104 Å². The van der Waals surface area contributed by atoms with Crippen molar-refractivity contribution in [3.8, 4) is 6.07 Å². The molecule has 12 fully saturated rings. The number of nitrogens with one attached hydrogen (secondary N) is 7. The number of hydrogen-bond acceptors (Lipinski definition) is 15. The van der Waals surface area contributed by atoms with Crippen LogP contribution in [-0.4, -0.2) is 94.2 Å². The van der Waals surface area contributed by atoms with Crippen LogP contribution in [0.5, 0.6) is 0 Å². The lowest BCUT2D eigenvalue weighted by atomic mass is 8.92. The highest BCUT2D eigenvalue weighted by Crippen LogP contribution is 3.11. The van der Waals surface area contributed by atoms with Gasteiger partial charge in [0.25, 0.3) is 23.6 Å². The number of nitriles is 1. The number of nitrogens with zero attached hydrogens (tertiary/aromatic N) is 8. The first-order chi connectivity index (χ1) is 37.9. The van der Waals surface area contributed by atoms with Crippen LogP contribution in [0.2, 0.25) is 0 Å². The largest absolute Gasteiger partial charge is 0.417 e. The summed E-state index contributed by atoms with van der Waals surface area (Å²) >= 11 is 0. The van der Waals surface area contributed by atoms with Gasteiger partial charge < -0.3 is 35.4 Å². The lowest BCUT2D eigenvalue weighted by Crippen LogP contribution is -3.12. The number of aliphatic imine (C=N–C) groups is 1. The number of hydrogen-bond donors (Lipinski definition) is 7. The van der Waals surface area contributed by atoms with Crippen molar-refractivity contribution in [2.45, 2.75) is 13.1 Å². The summed E-state index contributed by atoms with van der Waals surface area (Å²) < 4.78 is 12.9. The van der Waals surface area contributed by atoms with E-state index in [4.69, 9.17) is 8.83 Å². The van der Waals surface area contributed by atoms with E-state index in [0.29, 0.717) is 118 Å². The molecule has 5 amide bonds. The van der Waals surface area contributed by atoms with Crippen LogP contribution in [0.4, 0.5) is 0 Å². The molecule has 12 saturated carbocycles. The molecule has 386 valence electrons. The Morgan fingerprint density at radius 1 is 0.603 bits per heavy atom. The van der Waals surface area contributed by atoms with Crippen molar-refractivity contribution in [2.24, 2.45) is 97.7 Å². The van der Waals surface area contributed by atoms with Crippen LogP contribution < -0.4 is 38.1 Å². The Bertz CT molecular complexity index is 4310. The van der Waals surface area contributed by atoms with E-state index >= 15 is 0 Å². The molecule has 12 aliphatic carbocycles. The summed E-state index contributed by atoms with van der Waals surface area (Å²) in [5, 5.41) is 33.0. The molecule has 0 atom stereocenters. The number of fused-ring (bicyclic) bond motifs is 4. The standard InChI is InChI=1S/C28H22N8O5.C26H19N7O4/c37-16-8-30-25(35-16)28-20-17-21(28)19-22(28)18(20)27(17,19)9-31-24(39)13-6-12(33-15-3-4-32-36(13)15)23(38)29-7-10-1-2-14-11(5-10)34-26(40)41-14;27-8-25-16-19-17(25)21-18(25)20(16)26(19,21)9-29-23(35)13-6-12(31-15-3-4-30-33(13)15)22(34)28-7-10-1-2-14-11(5-10)32-24(36)37-14/h1-6,17-22H,7-9H2,(H,29,38)(H,31,39)(H,34,40)(H,30,35,37);1-6,16-21H,7,9H2,(H,28,34)(H,29,35)(H,32,36). The van der Waals surface area contributed by atoms with Crippen LogP contribution >= 0.6 is 0 Å². The van der Waals surface area contributed by atoms with Gasteiger partial charge in [0, 0.05) is 55.9 Å². The van der Waals surface area contributed by atoms with E-state index in [-0.39, 0.29) is 81.8 Å². The summed E-state index contributed by atoms with van der Waals surface area (Å²) in [4.78, 5) is 106. The highest BCUT2D eigenvalue weighted by molar-refractivity contribution is 6.10. The predicted molar refractivity (Wildman–Crippen MR) is 264 cm³/mol. The number of aromatic amines is 2. The highest BCUT2D eigenvalue weighted by atomic mass is 16.4. The number of aromatic nitrogens is 8. The molecule has 6 aromatic heterocycles. The molecule has 24 heteroatoms. The number of H-pyrrole nitrogens is 2. The lowest BCUT2D eigenvalue weighted by Gasteiger charge is -3.11. The fraction of sp³-hybridized carbons (Fsp3) is 0.389. The molecule has 13 aliphatic rings. The molecule has 8 aromatic rings. The monoisotopic (exact) mass is 1040 g/mol. The zero-order chi connectivity index (χ0) is 52.3. The molecule has 21 rings (SSSR count). The minimum atomic E-state index is -0.539. The Hall–Kier alpha value is -9.27. The van der Waals surface area contributed by atoms with Crippen LogP contribution in [0.25, 0.3) is 33.5 Å². The first kappa shape index (κ1) is 42.9. The van der Waals surface area contributed by atoms with E-state index in [1.54, 1.807) is 60.9 Å². The molecule has 7 heterocycles. The normalized spacial score (nSPS) is 36.0. The van der Waals surface area contributed by atoms with Gasteiger partial charge in [0.1, 0.15) is 35.2 Å². The van der Waals surface area contributed by atoms with Crippen LogP contribution in [0.1, 0.15) is 53.1 Å². The van der Waals surface area contributed by atoms with Crippen molar-refractivity contribution in [3.63, 3.8) is 0 Å². The number of rotatable bonds is 13. The molecule has 1 aliphatic heterocycles. The lowest BCUT2D eigenvalue weighted by molar-refractivity contribution is -0.639. The molecule has 0 saturated heterocycles. The number of amidine groups is 1. The maximum Gasteiger partial charge on any atom is 0.417 e. The van der Waals surface area contributed by atoms with E-state index in [1.807, 2.05) is 0 Å². The predicted octanol–water partition coefficient (Wildman–Crippen LogP) is 1.18. The Morgan fingerprint density at radius 3 is 1.50 bits per heavy atom. The van der Waals surface area contributed by atoms with E-state index in [9.17, 15) is 38.8 Å². The third-order valence-corrected chi connectivity index (χ3v) is 21.6. The quantitative estimate of drug-likeness (QED) is 0.0853. The average molecular weight is 1040 g/mol. The van der Waals surface area contributed by atoms with Gasteiger partial charge in [0.15, 0.2) is 22.5 Å². The SMILES string of the molecule is N#CC12C3C4C1C1C2C3C41CNC(=O)c1cc(C(=O)NCc2ccc3oc(=O)[nH]c3c2)nc2ccnn12.O=C1CN=C(C23C4C5C2C2C3C4C52CNC(=O)c2cc(C(=O)NCc3ccc4oc(=O)[nH]c4c3)nc3ccnn23)N1. The van der Waals surface area contributed by atoms with Gasteiger partial charge in [-0.05, 0) is 117 Å². The van der Waals surface area contributed by atoms with Gasteiger partial charge in [-0.1, -0.05) is 12.1 Å². The molecule has 2 aromatic carbocycles. The Morgan fingerprint density at radius 2 is 1.06 bits per heavy atom. The van der Waals surface area contributed by atoms with Crippen molar-refractivity contribution in [1.29, 1.82) is 5.26 Å². The minimum absolute atomic E-state index is 0.000640. The van der Waals surface area contributed by atoms with Crippen molar-refractivity contribution >= 4 is 68.9 Å². The van der Waals surface area contributed by atoms with Crippen LogP contribution in [-0.2, 0) is 17.9 Å². The second kappa shape index (κ2) is 13.6. The van der Waals surface area contributed by atoms with Crippen LogP contribution in [0.3, 0.4) is 0 Å². The molecule has 24 nitrogen and oxygen atoms in total. The number of amides is 5. The van der Waals surface area contributed by atoms with Gasteiger partial charge in [0.05, 0.1) is 34.9 Å². The highest BCUT2D eigenvalue weighted by Gasteiger charge is 3.11. The average Bonchev–Trinajstić information content (AvgIpc) is 1.72. The van der Waals surface area contributed by atoms with E-state index in [1.165, 1.54) is 21.2 Å². The number of oxazole rings is 2. The molecular weight excluding hydrogens is 1000 g/mol. The second-order valence-electron chi connectivity index (χ2n) is 23.4. The summed E-state index contributed by atoms with van der Waals surface area (Å²) in [6, 6.07) is 19.1. The van der Waals surface area contributed by atoms with Gasteiger partial charge in [0.2, 0.25) is 5.91 Å². The molecule has 0 bridgehead atoms. The Balaban J connectivity index is 0.000000122. The molecule has 0 radical (unpaired) electrons. The second-order valence-corrected chi connectivity index (χ2v) is 23.4. The third-order valence-electron chi connectivity index (χ3n) is 21.6. The summed E-state index contributed by atoms with van der Waals surface area (Å²) in [5.41, 5.74) is 5.56. The van der Waals surface area contributed by atoms with Crippen LogP contribution in [0.15, 0.2) is 96.5 Å². The van der Waals surface area contributed by atoms with Gasteiger partial charge in [-0.15, -0.1) is 0 Å².